The minimum absolute atomic E-state index is 0.378. The van der Waals surface area contributed by atoms with Gasteiger partial charge in [0.1, 0.15) is 0 Å². The molecule has 0 aromatic carbocycles. The van der Waals surface area contributed by atoms with Crippen molar-refractivity contribution < 1.29 is 15.0 Å². The molecule has 64 valence electrons. The highest BCUT2D eigenvalue weighted by Crippen LogP contribution is 2.23. The Morgan fingerprint density at radius 3 is 2.55 bits per heavy atom. The number of nitrogens with two attached hydrogens (primary N) is 1. The molecule has 3 atom stereocenters. The first kappa shape index (κ1) is 8.49. The van der Waals surface area contributed by atoms with Crippen LogP contribution in [-0.4, -0.2) is 28.3 Å². The molecule has 0 saturated heterocycles. The predicted octanol–water partition coefficient (Wildman–Crippen LogP) is -0.441. The van der Waals surface area contributed by atoms with Gasteiger partial charge in [-0.1, -0.05) is 0 Å². The monoisotopic (exact) mass is 159 g/mol. The lowest BCUT2D eigenvalue weighted by Crippen LogP contribution is -2.42. The number of rotatable bonds is 1. The van der Waals surface area contributed by atoms with Crippen molar-refractivity contribution in [3.63, 3.8) is 0 Å². The fraction of sp³-hybridized carbons (Fsp3) is 0.857. The number of carboxylic acid groups (broad SMARTS) is 1. The number of hydrogen-bond acceptors (Lipinski definition) is 3. The van der Waals surface area contributed by atoms with E-state index in [-0.39, 0.29) is 6.04 Å². The summed E-state index contributed by atoms with van der Waals surface area (Å²) in [4.78, 5) is 10.5. The smallest absolute Gasteiger partial charge is 0.308 e. The highest BCUT2D eigenvalue weighted by molar-refractivity contribution is 5.71. The fourth-order valence-electron chi connectivity index (χ4n) is 1.49. The second kappa shape index (κ2) is 3.19. The fourth-order valence-corrected chi connectivity index (χ4v) is 1.49. The van der Waals surface area contributed by atoms with Gasteiger partial charge >= 0.3 is 5.97 Å². The van der Waals surface area contributed by atoms with Gasteiger partial charge in [-0.05, 0) is 19.3 Å². The number of aliphatic carboxylic acids is 1. The first-order chi connectivity index (χ1) is 5.11. The summed E-state index contributed by atoms with van der Waals surface area (Å²) in [6.45, 7) is 0. The first-order valence-electron chi connectivity index (χ1n) is 3.77. The third-order valence-electron chi connectivity index (χ3n) is 2.19. The lowest BCUT2D eigenvalue weighted by molar-refractivity contribution is -0.144. The normalized spacial score (nSPS) is 38.5. The van der Waals surface area contributed by atoms with Crippen LogP contribution in [0.5, 0.6) is 0 Å². The molecule has 0 radical (unpaired) electrons. The Morgan fingerprint density at radius 1 is 1.45 bits per heavy atom. The molecule has 11 heavy (non-hydrogen) atoms. The van der Waals surface area contributed by atoms with E-state index < -0.39 is 18.0 Å². The van der Waals surface area contributed by atoms with Crippen LogP contribution in [0.2, 0.25) is 0 Å². The molecule has 0 aliphatic heterocycles. The van der Waals surface area contributed by atoms with Crippen LogP contribution in [0.25, 0.3) is 0 Å². The molecule has 0 aromatic rings. The summed E-state index contributed by atoms with van der Waals surface area (Å²) in [5.74, 6) is -1.30. The molecule has 4 nitrogen and oxygen atoms in total. The molecule has 1 fully saturated rings. The van der Waals surface area contributed by atoms with Crippen LogP contribution < -0.4 is 5.73 Å². The van der Waals surface area contributed by atoms with Crippen LogP contribution in [0.15, 0.2) is 0 Å². The summed E-state index contributed by atoms with van der Waals surface area (Å²) in [7, 11) is 0. The summed E-state index contributed by atoms with van der Waals surface area (Å²) in [6, 6.07) is -0.378. The van der Waals surface area contributed by atoms with E-state index in [0.29, 0.717) is 19.3 Å². The number of hydrogen-bond donors (Lipinski definition) is 3. The Labute approximate surface area is 65.0 Å². The lowest BCUT2D eigenvalue weighted by atomic mass is 9.83. The summed E-state index contributed by atoms with van der Waals surface area (Å²) in [5, 5.41) is 17.7. The van der Waals surface area contributed by atoms with Crippen LogP contribution in [0.4, 0.5) is 0 Å². The average Bonchev–Trinajstić information content (AvgIpc) is 1.85. The molecule has 1 rings (SSSR count). The quantitative estimate of drug-likeness (QED) is 0.484. The minimum atomic E-state index is -0.843. The molecule has 1 aliphatic rings. The molecule has 0 amide bonds. The van der Waals surface area contributed by atoms with E-state index >= 15 is 0 Å². The van der Waals surface area contributed by atoms with Gasteiger partial charge in [0.15, 0.2) is 0 Å². The van der Waals surface area contributed by atoms with Crippen molar-refractivity contribution in [2.45, 2.75) is 31.4 Å². The zero-order chi connectivity index (χ0) is 8.43. The molecule has 0 bridgehead atoms. The molecule has 4 N–H and O–H groups in total. The van der Waals surface area contributed by atoms with Crippen molar-refractivity contribution in [2.24, 2.45) is 11.7 Å². The SMILES string of the molecule is NC1CC(O)CCC1C(=O)O. The van der Waals surface area contributed by atoms with Gasteiger partial charge < -0.3 is 15.9 Å². The molecule has 0 aromatic heterocycles. The van der Waals surface area contributed by atoms with Crippen molar-refractivity contribution in [3.8, 4) is 0 Å². The topological polar surface area (TPSA) is 83.5 Å². The van der Waals surface area contributed by atoms with Crippen LogP contribution >= 0.6 is 0 Å². The van der Waals surface area contributed by atoms with E-state index in [0.717, 1.165) is 0 Å². The van der Waals surface area contributed by atoms with E-state index in [4.69, 9.17) is 15.9 Å². The average molecular weight is 159 g/mol. The maximum Gasteiger partial charge on any atom is 0.308 e. The Balaban J connectivity index is 2.50. The van der Waals surface area contributed by atoms with Gasteiger partial charge in [0.2, 0.25) is 0 Å². The van der Waals surface area contributed by atoms with Crippen molar-refractivity contribution in [1.29, 1.82) is 0 Å². The standard InChI is InChI=1S/C7H13NO3/c8-6-3-4(9)1-2-5(6)7(10)11/h4-6,9H,1-3,8H2,(H,10,11). The third-order valence-corrected chi connectivity index (χ3v) is 2.19. The second-order valence-corrected chi connectivity index (χ2v) is 3.08. The van der Waals surface area contributed by atoms with E-state index in [1.54, 1.807) is 0 Å². The van der Waals surface area contributed by atoms with Crippen molar-refractivity contribution in [3.05, 3.63) is 0 Å². The third kappa shape index (κ3) is 1.91. The summed E-state index contributed by atoms with van der Waals surface area (Å²) >= 11 is 0. The molecule has 1 aliphatic carbocycles. The van der Waals surface area contributed by atoms with Crippen LogP contribution in [0.3, 0.4) is 0 Å². The summed E-state index contributed by atoms with van der Waals surface area (Å²) < 4.78 is 0. The highest BCUT2D eigenvalue weighted by atomic mass is 16.4. The highest BCUT2D eigenvalue weighted by Gasteiger charge is 2.31. The van der Waals surface area contributed by atoms with Gasteiger partial charge in [-0.25, -0.2) is 0 Å². The van der Waals surface area contributed by atoms with Gasteiger partial charge in [-0.15, -0.1) is 0 Å². The second-order valence-electron chi connectivity index (χ2n) is 3.08. The molecule has 3 unspecified atom stereocenters. The molecule has 0 spiro atoms. The van der Waals surface area contributed by atoms with Crippen LogP contribution in [0.1, 0.15) is 19.3 Å². The molecular weight excluding hydrogens is 146 g/mol. The van der Waals surface area contributed by atoms with Gasteiger partial charge in [0.05, 0.1) is 12.0 Å². The van der Waals surface area contributed by atoms with Gasteiger partial charge in [0, 0.05) is 6.04 Å². The van der Waals surface area contributed by atoms with Crippen LogP contribution in [-0.2, 0) is 4.79 Å². The number of aliphatic hydroxyl groups excluding tert-OH is 1. The lowest BCUT2D eigenvalue weighted by Gasteiger charge is -2.28. The zero-order valence-electron chi connectivity index (χ0n) is 6.23. The molecule has 4 heteroatoms. The Hall–Kier alpha value is -0.610. The maximum atomic E-state index is 10.5. The molecular formula is C7H13NO3. The predicted molar refractivity (Wildman–Crippen MR) is 39.0 cm³/mol. The summed E-state index contributed by atoms with van der Waals surface area (Å²) in [6.07, 6.45) is 1.07. The Morgan fingerprint density at radius 2 is 2.09 bits per heavy atom. The molecule has 1 saturated carbocycles. The number of carbonyl (C=O) groups is 1. The maximum absolute atomic E-state index is 10.5. The van der Waals surface area contributed by atoms with Gasteiger partial charge in [-0.3, -0.25) is 4.79 Å². The Bertz CT molecular complexity index is 160. The summed E-state index contributed by atoms with van der Waals surface area (Å²) in [5.41, 5.74) is 5.53. The Kier molecular flexibility index (Phi) is 2.46. The van der Waals surface area contributed by atoms with Crippen molar-refractivity contribution >= 4 is 5.97 Å². The minimum Gasteiger partial charge on any atom is -0.481 e. The van der Waals surface area contributed by atoms with Gasteiger partial charge in [-0.2, -0.15) is 0 Å². The zero-order valence-corrected chi connectivity index (χ0v) is 6.23. The molecule has 0 heterocycles. The van der Waals surface area contributed by atoms with E-state index in [1.165, 1.54) is 0 Å². The van der Waals surface area contributed by atoms with Crippen LogP contribution in [0, 0.1) is 5.92 Å². The van der Waals surface area contributed by atoms with Gasteiger partial charge in [0.25, 0.3) is 0 Å². The largest absolute Gasteiger partial charge is 0.481 e. The first-order valence-corrected chi connectivity index (χ1v) is 3.77. The van der Waals surface area contributed by atoms with Crippen molar-refractivity contribution in [2.75, 3.05) is 0 Å². The number of aliphatic hydroxyl groups is 1. The van der Waals surface area contributed by atoms with E-state index in [2.05, 4.69) is 0 Å². The van der Waals surface area contributed by atoms with E-state index in [9.17, 15) is 4.79 Å². The van der Waals surface area contributed by atoms with E-state index in [1.807, 2.05) is 0 Å². The van der Waals surface area contributed by atoms with Crippen molar-refractivity contribution in [1.82, 2.24) is 0 Å². The number of carboxylic acids is 1.